The minimum Gasteiger partial charge on any atom is -0.497 e. The van der Waals surface area contributed by atoms with Gasteiger partial charge in [-0.05, 0) is 12.1 Å². The lowest BCUT2D eigenvalue weighted by Crippen LogP contribution is -2.43. The van der Waals surface area contributed by atoms with E-state index in [1.54, 1.807) is 31.4 Å². The largest absolute Gasteiger partial charge is 0.497 e. The van der Waals surface area contributed by atoms with Gasteiger partial charge in [-0.3, -0.25) is 4.79 Å². The molecule has 1 aliphatic rings. The molecule has 24 heavy (non-hydrogen) atoms. The highest BCUT2D eigenvalue weighted by Crippen LogP contribution is 2.28. The summed E-state index contributed by atoms with van der Waals surface area (Å²) in [5.41, 5.74) is 0. The maximum atomic E-state index is 12.0. The predicted molar refractivity (Wildman–Crippen MR) is 81.8 cm³/mol. The molecule has 0 bridgehead atoms. The van der Waals surface area contributed by atoms with Crippen molar-refractivity contribution in [3.05, 3.63) is 42.6 Å². The zero-order chi connectivity index (χ0) is 17.1. The number of rotatable bonds is 5. The number of nitrogens with zero attached hydrogens (tertiary/aromatic N) is 1. The van der Waals surface area contributed by atoms with E-state index in [1.165, 1.54) is 6.20 Å². The van der Waals surface area contributed by atoms with Crippen LogP contribution in [-0.2, 0) is 0 Å². The molecule has 3 rings (SSSR count). The second-order valence-corrected chi connectivity index (χ2v) is 5.50. The van der Waals surface area contributed by atoms with Gasteiger partial charge < -0.3 is 29.4 Å². The lowest BCUT2D eigenvalue weighted by Gasteiger charge is -2.18. The molecule has 1 aliphatic carbocycles. The molecule has 0 spiro atoms. The van der Waals surface area contributed by atoms with Crippen LogP contribution in [0.1, 0.15) is 17.0 Å². The molecule has 1 fully saturated rings. The Hall–Kier alpha value is -2.58. The molecule has 1 aromatic heterocycles. The minimum atomic E-state index is -1.15. The smallest absolute Gasteiger partial charge is 0.289 e. The number of oxazole rings is 1. The van der Waals surface area contributed by atoms with E-state index < -0.39 is 30.3 Å². The zero-order valence-corrected chi connectivity index (χ0v) is 13.0. The molecule has 2 aromatic rings. The van der Waals surface area contributed by atoms with Crippen molar-refractivity contribution < 1.29 is 28.9 Å². The molecule has 1 heterocycles. The Morgan fingerprint density at radius 3 is 2.83 bits per heavy atom. The Bertz CT molecular complexity index is 690. The van der Waals surface area contributed by atoms with E-state index in [-0.39, 0.29) is 12.2 Å². The summed E-state index contributed by atoms with van der Waals surface area (Å²) < 4.78 is 15.7. The fourth-order valence-electron chi connectivity index (χ4n) is 2.67. The third-order valence-electron chi connectivity index (χ3n) is 3.93. The third-order valence-corrected chi connectivity index (χ3v) is 3.93. The zero-order valence-electron chi connectivity index (χ0n) is 13.0. The molecule has 8 nitrogen and oxygen atoms in total. The number of hydrogen-bond donors (Lipinski definition) is 3. The van der Waals surface area contributed by atoms with E-state index in [4.69, 9.17) is 13.9 Å². The van der Waals surface area contributed by atoms with E-state index in [0.29, 0.717) is 11.5 Å². The first kappa shape index (κ1) is 16.3. The molecule has 8 heteroatoms. The summed E-state index contributed by atoms with van der Waals surface area (Å²) in [5, 5.41) is 22.9. The van der Waals surface area contributed by atoms with Crippen LogP contribution in [0.15, 0.2) is 41.3 Å². The van der Waals surface area contributed by atoms with Crippen molar-refractivity contribution in [2.24, 2.45) is 0 Å². The highest BCUT2D eigenvalue weighted by Gasteiger charge is 2.44. The molecule has 0 aliphatic heterocycles. The maximum absolute atomic E-state index is 12.0. The van der Waals surface area contributed by atoms with Crippen molar-refractivity contribution in [2.75, 3.05) is 7.11 Å². The molecule has 3 N–H and O–H groups in total. The van der Waals surface area contributed by atoms with Gasteiger partial charge in [-0.2, -0.15) is 0 Å². The van der Waals surface area contributed by atoms with Crippen molar-refractivity contribution in [3.8, 4) is 11.5 Å². The number of methoxy groups -OCH3 is 1. The van der Waals surface area contributed by atoms with Gasteiger partial charge in [0.15, 0.2) is 6.39 Å². The normalized spacial score (nSPS) is 26.1. The van der Waals surface area contributed by atoms with Gasteiger partial charge in [0, 0.05) is 12.5 Å². The van der Waals surface area contributed by atoms with Crippen molar-refractivity contribution >= 4 is 5.91 Å². The van der Waals surface area contributed by atoms with E-state index >= 15 is 0 Å². The molecule has 0 radical (unpaired) electrons. The number of nitrogens with one attached hydrogen (secondary N) is 1. The van der Waals surface area contributed by atoms with Crippen LogP contribution >= 0.6 is 0 Å². The predicted octanol–water partition coefficient (Wildman–Crippen LogP) is 0.355. The Morgan fingerprint density at radius 1 is 1.33 bits per heavy atom. The van der Waals surface area contributed by atoms with Crippen LogP contribution in [0.4, 0.5) is 0 Å². The number of amides is 1. The molecular weight excluding hydrogens is 316 g/mol. The summed E-state index contributed by atoms with van der Waals surface area (Å²) in [4.78, 5) is 15.6. The van der Waals surface area contributed by atoms with Gasteiger partial charge in [-0.1, -0.05) is 6.07 Å². The van der Waals surface area contributed by atoms with Crippen LogP contribution < -0.4 is 14.8 Å². The van der Waals surface area contributed by atoms with Gasteiger partial charge in [0.2, 0.25) is 5.76 Å². The second-order valence-electron chi connectivity index (χ2n) is 5.50. The summed E-state index contributed by atoms with van der Waals surface area (Å²) >= 11 is 0. The van der Waals surface area contributed by atoms with Crippen molar-refractivity contribution in [1.29, 1.82) is 0 Å². The molecule has 0 unspecified atom stereocenters. The van der Waals surface area contributed by atoms with Gasteiger partial charge in [0.25, 0.3) is 5.91 Å². The number of carbonyl (C=O) groups is 1. The molecule has 1 aromatic carbocycles. The van der Waals surface area contributed by atoms with Gasteiger partial charge in [-0.15, -0.1) is 0 Å². The summed E-state index contributed by atoms with van der Waals surface area (Å²) in [5.74, 6) is 0.656. The molecule has 1 amide bonds. The molecule has 0 saturated heterocycles. The van der Waals surface area contributed by atoms with Gasteiger partial charge in [0.1, 0.15) is 29.8 Å². The highest BCUT2D eigenvalue weighted by atomic mass is 16.5. The quantitative estimate of drug-likeness (QED) is 0.723. The van der Waals surface area contributed by atoms with Crippen molar-refractivity contribution in [3.63, 3.8) is 0 Å². The Morgan fingerprint density at radius 2 is 2.12 bits per heavy atom. The van der Waals surface area contributed by atoms with E-state index in [0.717, 1.165) is 6.39 Å². The number of hydrogen-bond acceptors (Lipinski definition) is 7. The molecule has 4 atom stereocenters. The topological polar surface area (TPSA) is 114 Å². The first-order valence-electron chi connectivity index (χ1n) is 7.44. The van der Waals surface area contributed by atoms with Crippen LogP contribution in [0.25, 0.3) is 0 Å². The van der Waals surface area contributed by atoms with Crippen LogP contribution in [0.2, 0.25) is 0 Å². The van der Waals surface area contributed by atoms with E-state index in [2.05, 4.69) is 10.3 Å². The summed E-state index contributed by atoms with van der Waals surface area (Å²) in [6.45, 7) is 0. The SMILES string of the molecule is COc1cccc(O[C@@H]2C[C@@H](NC(=O)c3cnco3)[C@H](O)[C@H]2O)c1. The van der Waals surface area contributed by atoms with Gasteiger partial charge in [0.05, 0.1) is 19.3 Å². The Balaban J connectivity index is 1.65. The summed E-state index contributed by atoms with van der Waals surface area (Å²) in [6.07, 6.45) is -0.267. The number of aliphatic hydroxyl groups excluding tert-OH is 2. The molecule has 128 valence electrons. The van der Waals surface area contributed by atoms with Gasteiger partial charge >= 0.3 is 0 Å². The lowest BCUT2D eigenvalue weighted by molar-refractivity contribution is -0.0136. The lowest BCUT2D eigenvalue weighted by atomic mass is 10.2. The first-order chi connectivity index (χ1) is 11.6. The van der Waals surface area contributed by atoms with Crippen molar-refractivity contribution in [1.82, 2.24) is 10.3 Å². The Kier molecular flexibility index (Phi) is 4.68. The Labute approximate surface area is 138 Å². The number of carbonyl (C=O) groups excluding carboxylic acids is 1. The highest BCUT2D eigenvalue weighted by molar-refractivity contribution is 5.91. The van der Waals surface area contributed by atoms with Crippen LogP contribution in [-0.4, -0.2) is 52.6 Å². The number of aromatic nitrogens is 1. The van der Waals surface area contributed by atoms with E-state index in [1.807, 2.05) is 0 Å². The van der Waals surface area contributed by atoms with Crippen LogP contribution in [0.5, 0.6) is 11.5 Å². The van der Waals surface area contributed by atoms with Crippen LogP contribution in [0, 0.1) is 0 Å². The molecular formula is C16H18N2O6. The average Bonchev–Trinajstić information content (AvgIpc) is 3.21. The van der Waals surface area contributed by atoms with Crippen molar-refractivity contribution in [2.45, 2.75) is 30.8 Å². The van der Waals surface area contributed by atoms with Crippen LogP contribution in [0.3, 0.4) is 0 Å². The van der Waals surface area contributed by atoms with Gasteiger partial charge in [-0.25, -0.2) is 4.98 Å². The van der Waals surface area contributed by atoms with E-state index in [9.17, 15) is 15.0 Å². The fourth-order valence-corrected chi connectivity index (χ4v) is 2.67. The standard InChI is InChI=1S/C16H18N2O6/c1-22-9-3-2-4-10(5-9)24-12-6-11(14(19)15(12)20)18-16(21)13-7-17-8-23-13/h2-5,7-8,11-12,14-15,19-20H,6H2,1H3,(H,18,21)/t11-,12-,14+,15+/m1/s1. The number of aliphatic hydroxyl groups is 2. The monoisotopic (exact) mass is 334 g/mol. The third kappa shape index (κ3) is 3.34. The fraction of sp³-hybridized carbons (Fsp3) is 0.375. The summed E-state index contributed by atoms with van der Waals surface area (Å²) in [6, 6.07) is 6.28. The number of benzene rings is 1. The summed E-state index contributed by atoms with van der Waals surface area (Å²) in [7, 11) is 1.54. The number of ether oxygens (including phenoxy) is 2. The maximum Gasteiger partial charge on any atom is 0.289 e. The second kappa shape index (κ2) is 6.90. The average molecular weight is 334 g/mol. The molecule has 1 saturated carbocycles. The first-order valence-corrected chi connectivity index (χ1v) is 7.44. The minimum absolute atomic E-state index is 0.0360.